The number of hydrogen-bond acceptors (Lipinski definition) is 18. The number of nitrogens with zero attached hydrogens (tertiary/aromatic N) is 1. The Labute approximate surface area is 350 Å². The number of fused-ring (bicyclic) bond motifs is 5. The Balaban J connectivity index is 1.09. The first-order valence-corrected chi connectivity index (χ1v) is 20.4. The third kappa shape index (κ3) is 7.44. The maximum Gasteiger partial charge on any atom is 0.316 e. The lowest BCUT2D eigenvalue weighted by Gasteiger charge is -2.51. The first kappa shape index (κ1) is 43.3. The van der Waals surface area contributed by atoms with Crippen LogP contribution >= 0.6 is 0 Å². The van der Waals surface area contributed by atoms with Crippen molar-refractivity contribution in [2.75, 3.05) is 21.2 Å². The molecule has 4 aliphatic heterocycles. The lowest BCUT2D eigenvalue weighted by Crippen LogP contribution is -2.62. The summed E-state index contributed by atoms with van der Waals surface area (Å²) in [6, 6.07) is 2.86. The number of esters is 1. The third-order valence-electron chi connectivity index (χ3n) is 12.8. The second-order valence-electron chi connectivity index (χ2n) is 17.2. The van der Waals surface area contributed by atoms with Gasteiger partial charge in [0.15, 0.2) is 30.4 Å². The van der Waals surface area contributed by atoms with Gasteiger partial charge in [-0.3, -0.25) is 24.0 Å². The van der Waals surface area contributed by atoms with E-state index in [-0.39, 0.29) is 35.8 Å². The molecule has 14 unspecified atom stereocenters. The number of methoxy groups -OCH3 is 1. The average molecular weight is 854 g/mol. The van der Waals surface area contributed by atoms with E-state index in [1.54, 1.807) is 13.8 Å². The fourth-order valence-corrected chi connectivity index (χ4v) is 10.0. The van der Waals surface area contributed by atoms with Gasteiger partial charge in [-0.2, -0.15) is 0 Å². The van der Waals surface area contributed by atoms with Gasteiger partial charge in [0.1, 0.15) is 53.4 Å². The molecule has 4 N–H and O–H groups in total. The summed E-state index contributed by atoms with van der Waals surface area (Å²) in [6.45, 7) is 6.56. The molecule has 14 atom stereocenters. The number of ether oxygens (including phenoxy) is 8. The summed E-state index contributed by atoms with van der Waals surface area (Å²) in [7, 11) is 4.78. The predicted octanol–water partition coefficient (Wildman–Crippen LogP) is 2.45. The molecule has 18 heteroatoms. The van der Waals surface area contributed by atoms with Gasteiger partial charge in [-0.05, 0) is 65.6 Å². The van der Waals surface area contributed by atoms with Crippen LogP contribution in [0.15, 0.2) is 18.2 Å². The Kier molecular flexibility index (Phi) is 11.4. The summed E-state index contributed by atoms with van der Waals surface area (Å²) in [5, 5.41) is 45.6. The number of likely N-dealkylation sites (N-methyl/N-ethyl adjacent to an activating group) is 1. The van der Waals surface area contributed by atoms with Crippen LogP contribution < -0.4 is 0 Å². The molecular formula is C43H51NO17. The molecule has 2 aromatic rings. The molecule has 6 aliphatic rings. The second-order valence-corrected chi connectivity index (χ2v) is 17.2. The molecule has 4 fully saturated rings. The smallest absolute Gasteiger partial charge is 0.316 e. The molecule has 8 rings (SSSR count). The van der Waals surface area contributed by atoms with Gasteiger partial charge in [-0.15, -0.1) is 0 Å². The maximum absolute atomic E-state index is 14.0. The highest BCUT2D eigenvalue weighted by atomic mass is 16.8. The van der Waals surface area contributed by atoms with E-state index in [1.807, 2.05) is 25.9 Å². The highest BCUT2D eigenvalue weighted by molar-refractivity contribution is 6.31. The van der Waals surface area contributed by atoms with Crippen molar-refractivity contribution in [2.45, 2.75) is 145 Å². The van der Waals surface area contributed by atoms with Crippen LogP contribution in [0.2, 0.25) is 0 Å². The predicted molar refractivity (Wildman–Crippen MR) is 206 cm³/mol. The van der Waals surface area contributed by atoms with Crippen molar-refractivity contribution in [3.8, 4) is 17.2 Å². The molecule has 330 valence electrons. The van der Waals surface area contributed by atoms with Crippen molar-refractivity contribution < 1.29 is 82.3 Å². The number of hydrogen-bond donors (Lipinski definition) is 4. The Bertz CT molecular complexity index is 2160. The number of phenolic OH excluding ortho intramolecular Hbond substituents is 3. The SMILES string of the molecule is COC(=O)C1c2cc3c(c(O)c2C(OC2CC(N(C)C)C(OC4CC5OC6CC(=O)C(C)OC6OC5C(C)O4)C(C)O2)CC1(O)CC(C)=O)C(=O)c1c(O)ccc(O)c1C3=O. The van der Waals surface area contributed by atoms with Crippen LogP contribution in [0, 0.1) is 0 Å². The number of Topliss-reactive ketones (excluding diaryl/α,β-unsaturated/α-hetero) is 2. The Morgan fingerprint density at radius 2 is 1.51 bits per heavy atom. The minimum Gasteiger partial charge on any atom is -0.507 e. The van der Waals surface area contributed by atoms with Gasteiger partial charge >= 0.3 is 5.97 Å². The molecule has 0 radical (unpaired) electrons. The third-order valence-corrected chi connectivity index (χ3v) is 12.8. The van der Waals surface area contributed by atoms with Crippen LogP contribution in [-0.4, -0.2) is 149 Å². The minimum atomic E-state index is -2.17. The van der Waals surface area contributed by atoms with Gasteiger partial charge in [0.2, 0.25) is 5.78 Å². The summed E-state index contributed by atoms with van der Waals surface area (Å²) < 4.78 is 49.4. The molecule has 0 spiro atoms. The monoisotopic (exact) mass is 853 g/mol. The Morgan fingerprint density at radius 1 is 0.852 bits per heavy atom. The number of ketones is 4. The van der Waals surface area contributed by atoms with E-state index < -0.39 is 155 Å². The van der Waals surface area contributed by atoms with Crippen molar-refractivity contribution in [2.24, 2.45) is 0 Å². The first-order chi connectivity index (χ1) is 28.8. The topological polar surface area (TPSA) is 243 Å². The number of carbonyl (C=O) groups excluding carboxylic acids is 5. The molecule has 61 heavy (non-hydrogen) atoms. The normalized spacial score (nSPS) is 36.9. The molecule has 0 aromatic heterocycles. The fraction of sp³-hybridized carbons (Fsp3) is 0.605. The van der Waals surface area contributed by atoms with Crippen molar-refractivity contribution in [1.29, 1.82) is 0 Å². The number of aromatic hydroxyl groups is 3. The Hall–Kier alpha value is -4.37. The Morgan fingerprint density at radius 3 is 2.16 bits per heavy atom. The van der Waals surface area contributed by atoms with Gasteiger partial charge in [0.25, 0.3) is 0 Å². The van der Waals surface area contributed by atoms with Gasteiger partial charge in [-0.25, -0.2) is 0 Å². The molecule has 4 heterocycles. The highest BCUT2D eigenvalue weighted by Gasteiger charge is 2.55. The number of rotatable bonds is 8. The van der Waals surface area contributed by atoms with Gasteiger partial charge in [-0.1, -0.05) is 0 Å². The zero-order valence-corrected chi connectivity index (χ0v) is 34.8. The molecule has 18 nitrogen and oxygen atoms in total. The van der Waals surface area contributed by atoms with Crippen LogP contribution in [0.3, 0.4) is 0 Å². The van der Waals surface area contributed by atoms with Crippen molar-refractivity contribution in [3.05, 3.63) is 51.6 Å². The van der Waals surface area contributed by atoms with Gasteiger partial charge in [0.05, 0.1) is 53.8 Å². The van der Waals surface area contributed by atoms with E-state index in [9.17, 15) is 44.4 Å². The average Bonchev–Trinajstić information content (AvgIpc) is 3.17. The van der Waals surface area contributed by atoms with Crippen LogP contribution in [0.5, 0.6) is 17.2 Å². The molecule has 4 saturated heterocycles. The number of benzene rings is 2. The zero-order valence-electron chi connectivity index (χ0n) is 34.8. The summed E-state index contributed by atoms with van der Waals surface area (Å²) in [4.78, 5) is 68.6. The maximum atomic E-state index is 14.0. The zero-order chi connectivity index (χ0) is 44.0. The lowest BCUT2D eigenvalue weighted by molar-refractivity contribution is -0.371. The molecular weight excluding hydrogens is 802 g/mol. The summed E-state index contributed by atoms with van der Waals surface area (Å²) >= 11 is 0. The number of carbonyl (C=O) groups is 5. The number of aliphatic hydroxyl groups is 1. The van der Waals surface area contributed by atoms with Crippen LogP contribution in [0.1, 0.15) is 115 Å². The summed E-state index contributed by atoms with van der Waals surface area (Å²) in [6.07, 6.45) is -7.93. The van der Waals surface area contributed by atoms with Crippen LogP contribution in [-0.2, 0) is 52.3 Å². The van der Waals surface area contributed by atoms with E-state index in [2.05, 4.69) is 0 Å². The van der Waals surface area contributed by atoms with Gasteiger partial charge < -0.3 is 63.2 Å². The quantitative estimate of drug-likeness (QED) is 0.188. The first-order valence-electron chi connectivity index (χ1n) is 20.4. The van der Waals surface area contributed by atoms with E-state index in [4.69, 9.17) is 37.9 Å². The standard InChI is InChI=1S/C43H51NO17/c1-16(45)14-43(53)15-28(31-20(35(43)41(52)54-7)10-21-32(37(31)50)38(51)34-24(47)9-8-23(46)33(34)36(21)49)59-29-11-22(44(5)6)39(18(3)55-29)60-30-13-26-40(19(4)56-30)61-42-27(58-26)12-25(48)17(2)57-42/h8-10,17-19,22,26-30,35,39-40,42,46-47,50,53H,11-15H2,1-7H3. The van der Waals surface area contributed by atoms with E-state index in [0.29, 0.717) is 6.42 Å². The second kappa shape index (κ2) is 16.1. The minimum absolute atomic E-state index is 0.0658. The molecule has 0 bridgehead atoms. The van der Waals surface area contributed by atoms with Crippen molar-refractivity contribution in [1.82, 2.24) is 4.90 Å². The van der Waals surface area contributed by atoms with E-state index in [1.165, 1.54) is 6.92 Å². The summed E-state index contributed by atoms with van der Waals surface area (Å²) in [5.41, 5.74) is -4.37. The van der Waals surface area contributed by atoms with Crippen LogP contribution in [0.4, 0.5) is 0 Å². The summed E-state index contributed by atoms with van der Waals surface area (Å²) in [5.74, 6) is -7.04. The highest BCUT2D eigenvalue weighted by Crippen LogP contribution is 2.54. The van der Waals surface area contributed by atoms with Crippen molar-refractivity contribution >= 4 is 29.1 Å². The van der Waals surface area contributed by atoms with Gasteiger partial charge in [0, 0.05) is 49.3 Å². The molecule has 2 aromatic carbocycles. The van der Waals surface area contributed by atoms with Crippen molar-refractivity contribution in [3.63, 3.8) is 0 Å². The molecule has 2 aliphatic carbocycles. The molecule has 0 amide bonds. The largest absolute Gasteiger partial charge is 0.507 e. The van der Waals surface area contributed by atoms with E-state index >= 15 is 0 Å². The number of phenols is 3. The van der Waals surface area contributed by atoms with E-state index in [0.717, 1.165) is 25.3 Å². The van der Waals surface area contributed by atoms with Crippen LogP contribution in [0.25, 0.3) is 0 Å². The fourth-order valence-electron chi connectivity index (χ4n) is 10.0. The lowest BCUT2D eigenvalue weighted by atomic mass is 9.66. The molecule has 0 saturated carbocycles.